The monoisotopic (exact) mass is 311 g/mol. The Kier molecular flexibility index (Phi) is 3.92. The maximum atomic E-state index is 12.9. The molecule has 0 atom stereocenters. The van der Waals surface area contributed by atoms with E-state index in [-0.39, 0.29) is 6.04 Å². The number of rotatable bonds is 4. The molecule has 118 valence electrons. The van der Waals surface area contributed by atoms with E-state index in [1.165, 1.54) is 0 Å². The van der Waals surface area contributed by atoms with Crippen LogP contribution in [-0.4, -0.2) is 29.8 Å². The van der Waals surface area contributed by atoms with Gasteiger partial charge in [-0.15, -0.1) is 0 Å². The van der Waals surface area contributed by atoms with Gasteiger partial charge in [-0.05, 0) is 12.6 Å². The average Bonchev–Trinajstić information content (AvgIpc) is 2.83. The fourth-order valence-corrected chi connectivity index (χ4v) is 2.38. The van der Waals surface area contributed by atoms with Crippen molar-refractivity contribution in [1.29, 1.82) is 0 Å². The quantitative estimate of drug-likeness (QED) is 0.944. The molecule has 3 rings (SSSR count). The van der Waals surface area contributed by atoms with Crippen LogP contribution < -0.4 is 5.32 Å². The number of alkyl halides is 3. The molecule has 0 aliphatic carbocycles. The Morgan fingerprint density at radius 3 is 2.45 bits per heavy atom. The first-order valence-electron chi connectivity index (χ1n) is 6.97. The van der Waals surface area contributed by atoms with Crippen molar-refractivity contribution >= 4 is 0 Å². The summed E-state index contributed by atoms with van der Waals surface area (Å²) in [5, 5.41) is 3.03. The summed E-state index contributed by atoms with van der Waals surface area (Å²) in [4.78, 5) is 3.80. The van der Waals surface area contributed by atoms with Crippen LogP contribution in [0.1, 0.15) is 17.3 Å². The second-order valence-corrected chi connectivity index (χ2v) is 5.27. The van der Waals surface area contributed by atoms with E-state index in [0.29, 0.717) is 31.1 Å². The molecule has 2 aromatic rings. The van der Waals surface area contributed by atoms with E-state index in [2.05, 4.69) is 10.3 Å². The molecule has 1 aliphatic heterocycles. The Hall–Kier alpha value is -1.86. The summed E-state index contributed by atoms with van der Waals surface area (Å²) in [5.41, 5.74) is 0.864. The van der Waals surface area contributed by atoms with E-state index in [4.69, 9.17) is 4.74 Å². The van der Waals surface area contributed by atoms with E-state index < -0.39 is 11.9 Å². The van der Waals surface area contributed by atoms with E-state index in [0.717, 1.165) is 11.8 Å². The summed E-state index contributed by atoms with van der Waals surface area (Å²) in [6.45, 7) is 1.54. The van der Waals surface area contributed by atoms with Crippen molar-refractivity contribution in [2.24, 2.45) is 0 Å². The fourth-order valence-electron chi connectivity index (χ4n) is 2.38. The highest BCUT2D eigenvalue weighted by molar-refractivity contribution is 5.57. The first-order valence-corrected chi connectivity index (χ1v) is 6.97. The van der Waals surface area contributed by atoms with Gasteiger partial charge in [0.15, 0.2) is 5.69 Å². The van der Waals surface area contributed by atoms with E-state index >= 15 is 0 Å². The summed E-state index contributed by atoms with van der Waals surface area (Å²) < 4.78 is 45.5. The standard InChI is InChI=1S/C15H16F3N3O/c1-19-6-10-2-4-11(5-3-10)14-20-13(15(16,17)18)7-21(14)12-8-22-9-12/h2-5,7,12,19H,6,8-9H2,1H3. The van der Waals surface area contributed by atoms with E-state index in [9.17, 15) is 13.2 Å². The van der Waals surface area contributed by atoms with Gasteiger partial charge in [0.1, 0.15) is 5.82 Å². The molecule has 4 nitrogen and oxygen atoms in total. The minimum absolute atomic E-state index is 0.0874. The van der Waals surface area contributed by atoms with Crippen molar-refractivity contribution < 1.29 is 17.9 Å². The molecule has 1 aliphatic rings. The summed E-state index contributed by atoms with van der Waals surface area (Å²) in [6, 6.07) is 7.27. The van der Waals surface area contributed by atoms with Gasteiger partial charge in [-0.1, -0.05) is 24.3 Å². The van der Waals surface area contributed by atoms with Crippen LogP contribution in [0.3, 0.4) is 0 Å². The number of nitrogens with one attached hydrogen (secondary N) is 1. The highest BCUT2D eigenvalue weighted by Crippen LogP contribution is 2.34. The van der Waals surface area contributed by atoms with Gasteiger partial charge < -0.3 is 14.6 Å². The number of aromatic nitrogens is 2. The van der Waals surface area contributed by atoms with Crippen LogP contribution in [0, 0.1) is 0 Å². The maximum Gasteiger partial charge on any atom is 0.434 e. The molecule has 1 saturated heterocycles. The lowest BCUT2D eigenvalue weighted by Crippen LogP contribution is -2.30. The molecule has 1 aromatic heterocycles. The van der Waals surface area contributed by atoms with Gasteiger partial charge in [0.25, 0.3) is 0 Å². The highest BCUT2D eigenvalue weighted by Gasteiger charge is 2.36. The lowest BCUT2D eigenvalue weighted by Gasteiger charge is -2.28. The lowest BCUT2D eigenvalue weighted by atomic mass is 10.1. The van der Waals surface area contributed by atoms with E-state index in [1.54, 1.807) is 16.7 Å². The molecule has 1 aromatic carbocycles. The molecule has 7 heteroatoms. The Morgan fingerprint density at radius 1 is 1.27 bits per heavy atom. The predicted octanol–water partition coefficient (Wildman–Crippen LogP) is 2.86. The molecule has 22 heavy (non-hydrogen) atoms. The van der Waals surface area contributed by atoms with Crippen LogP contribution in [-0.2, 0) is 17.5 Å². The molecule has 0 saturated carbocycles. The number of nitrogens with zero attached hydrogens (tertiary/aromatic N) is 2. The minimum Gasteiger partial charge on any atom is -0.377 e. The van der Waals surface area contributed by atoms with Crippen molar-refractivity contribution in [1.82, 2.24) is 14.9 Å². The molecule has 0 spiro atoms. The highest BCUT2D eigenvalue weighted by atomic mass is 19.4. The van der Waals surface area contributed by atoms with Crippen molar-refractivity contribution in [3.63, 3.8) is 0 Å². The zero-order chi connectivity index (χ0) is 15.7. The molecule has 2 heterocycles. The minimum atomic E-state index is -4.45. The van der Waals surface area contributed by atoms with Gasteiger partial charge in [0, 0.05) is 18.3 Å². The van der Waals surface area contributed by atoms with Gasteiger partial charge in [-0.3, -0.25) is 0 Å². The van der Waals surface area contributed by atoms with Gasteiger partial charge in [-0.25, -0.2) is 4.98 Å². The normalized spacial score (nSPS) is 15.8. The second-order valence-electron chi connectivity index (χ2n) is 5.27. The topological polar surface area (TPSA) is 39.1 Å². The number of halogens is 3. The molecule has 0 bridgehead atoms. The fraction of sp³-hybridized carbons (Fsp3) is 0.400. The molecule has 1 fully saturated rings. The van der Waals surface area contributed by atoms with Crippen LogP contribution >= 0.6 is 0 Å². The number of benzene rings is 1. The SMILES string of the molecule is CNCc1ccc(-c2nc(C(F)(F)F)cn2C2COC2)cc1. The smallest absolute Gasteiger partial charge is 0.377 e. The molecular weight excluding hydrogens is 295 g/mol. The first kappa shape index (κ1) is 15.1. The van der Waals surface area contributed by atoms with E-state index in [1.807, 2.05) is 19.2 Å². The Bertz CT molecular complexity index is 645. The largest absolute Gasteiger partial charge is 0.434 e. The first-order chi connectivity index (χ1) is 10.5. The van der Waals surface area contributed by atoms with Gasteiger partial charge >= 0.3 is 6.18 Å². The molecule has 1 N–H and O–H groups in total. The number of hydrogen-bond donors (Lipinski definition) is 1. The van der Waals surface area contributed by atoms with Crippen LogP contribution in [0.5, 0.6) is 0 Å². The van der Waals surface area contributed by atoms with Crippen LogP contribution in [0.4, 0.5) is 13.2 Å². The number of ether oxygens (including phenoxy) is 1. The van der Waals surface area contributed by atoms with Crippen LogP contribution in [0.25, 0.3) is 11.4 Å². The summed E-state index contributed by atoms with van der Waals surface area (Å²) >= 11 is 0. The lowest BCUT2D eigenvalue weighted by molar-refractivity contribution is -0.141. The molecular formula is C15H16F3N3O. The number of hydrogen-bond acceptors (Lipinski definition) is 3. The van der Waals surface area contributed by atoms with Crippen molar-refractivity contribution in [2.45, 2.75) is 18.8 Å². The zero-order valence-corrected chi connectivity index (χ0v) is 12.0. The molecule has 0 unspecified atom stereocenters. The van der Waals surface area contributed by atoms with Gasteiger partial charge in [0.05, 0.1) is 19.3 Å². The third-order valence-corrected chi connectivity index (χ3v) is 3.63. The Balaban J connectivity index is 1.98. The van der Waals surface area contributed by atoms with Crippen molar-refractivity contribution in [3.8, 4) is 11.4 Å². The predicted molar refractivity (Wildman–Crippen MR) is 75.3 cm³/mol. The third kappa shape index (κ3) is 2.86. The molecule has 0 radical (unpaired) electrons. The van der Waals surface area contributed by atoms with Crippen LogP contribution in [0.2, 0.25) is 0 Å². The third-order valence-electron chi connectivity index (χ3n) is 3.63. The average molecular weight is 311 g/mol. The Morgan fingerprint density at radius 2 is 1.95 bits per heavy atom. The Labute approximate surface area is 125 Å². The molecule has 0 amide bonds. The van der Waals surface area contributed by atoms with Crippen LogP contribution in [0.15, 0.2) is 30.5 Å². The zero-order valence-electron chi connectivity index (χ0n) is 12.0. The second kappa shape index (κ2) is 5.73. The summed E-state index contributed by atoms with van der Waals surface area (Å²) in [5.74, 6) is 0.330. The van der Waals surface area contributed by atoms with Crippen molar-refractivity contribution in [3.05, 3.63) is 41.7 Å². The van der Waals surface area contributed by atoms with Crippen molar-refractivity contribution in [2.75, 3.05) is 20.3 Å². The van der Waals surface area contributed by atoms with Gasteiger partial charge in [-0.2, -0.15) is 13.2 Å². The maximum absolute atomic E-state index is 12.9. The summed E-state index contributed by atoms with van der Waals surface area (Å²) in [7, 11) is 1.84. The summed E-state index contributed by atoms with van der Waals surface area (Å²) in [6.07, 6.45) is -3.37. The van der Waals surface area contributed by atoms with Gasteiger partial charge in [0.2, 0.25) is 0 Å². The number of imidazole rings is 1.